The summed E-state index contributed by atoms with van der Waals surface area (Å²) in [5.74, 6) is -4.79. The van der Waals surface area contributed by atoms with Crippen LogP contribution in [-0.4, -0.2) is 30.9 Å². The summed E-state index contributed by atoms with van der Waals surface area (Å²) in [7, 11) is 0. The van der Waals surface area contributed by atoms with Crippen molar-refractivity contribution in [2.24, 2.45) is 0 Å². The van der Waals surface area contributed by atoms with E-state index in [0.29, 0.717) is 19.0 Å². The normalized spacial score (nSPS) is 15.7. The van der Waals surface area contributed by atoms with E-state index in [1.54, 1.807) is 13.0 Å². The quantitative estimate of drug-likeness (QED) is 0.505. The zero-order chi connectivity index (χ0) is 25.9. The number of aromatic nitrogens is 3. The highest BCUT2D eigenvalue weighted by Crippen LogP contribution is 2.38. The first-order valence-corrected chi connectivity index (χ1v) is 10.9. The van der Waals surface area contributed by atoms with Gasteiger partial charge in [0.05, 0.1) is 23.1 Å². The predicted molar refractivity (Wildman–Crippen MR) is 126 cm³/mol. The monoisotopic (exact) mass is 500 g/mol. The van der Waals surface area contributed by atoms with E-state index in [1.165, 1.54) is 31.0 Å². The van der Waals surface area contributed by atoms with Gasteiger partial charge in [-0.05, 0) is 38.6 Å². The van der Waals surface area contributed by atoms with Crippen LogP contribution in [0.1, 0.15) is 44.6 Å². The van der Waals surface area contributed by atoms with Crippen LogP contribution >= 0.6 is 12.2 Å². The molecule has 4 rings (SSSR count). The van der Waals surface area contributed by atoms with Crippen molar-refractivity contribution in [1.29, 1.82) is 5.26 Å². The number of nitriles is 1. The number of fused-ring (bicyclic) bond motifs is 1. The fourth-order valence-electron chi connectivity index (χ4n) is 3.96. The summed E-state index contributed by atoms with van der Waals surface area (Å²) in [4.78, 5) is 36.2. The van der Waals surface area contributed by atoms with E-state index in [1.807, 2.05) is 0 Å². The number of hydrogen-bond donors (Lipinski definition) is 0. The predicted octanol–water partition coefficient (Wildman–Crippen LogP) is 3.69. The molecule has 12 heteroatoms. The van der Waals surface area contributed by atoms with Crippen molar-refractivity contribution in [2.75, 3.05) is 9.80 Å². The summed E-state index contributed by atoms with van der Waals surface area (Å²) in [6.45, 7) is 5.45. The minimum absolute atomic E-state index is 0.0706. The van der Waals surface area contributed by atoms with Gasteiger partial charge < -0.3 is 4.90 Å². The molecule has 0 aromatic carbocycles. The Balaban J connectivity index is 1.87. The van der Waals surface area contributed by atoms with E-state index >= 15 is 4.39 Å². The Hall–Kier alpha value is -3.85. The minimum atomic E-state index is -3.40. The first-order chi connectivity index (χ1) is 16.3. The van der Waals surface area contributed by atoms with Gasteiger partial charge in [0.2, 0.25) is 0 Å². The van der Waals surface area contributed by atoms with Gasteiger partial charge in [-0.3, -0.25) is 18.9 Å². The van der Waals surface area contributed by atoms with Gasteiger partial charge in [0.15, 0.2) is 16.6 Å². The molecule has 180 valence electrons. The number of rotatable bonds is 4. The lowest BCUT2D eigenvalue weighted by atomic mass is 10.0. The van der Waals surface area contributed by atoms with Gasteiger partial charge in [0.1, 0.15) is 17.3 Å². The Kier molecular flexibility index (Phi) is 5.64. The number of anilines is 2. The summed E-state index contributed by atoms with van der Waals surface area (Å²) in [6, 6.07) is 4.99. The maximum Gasteiger partial charge on any atom is 0.273 e. The van der Waals surface area contributed by atoms with Gasteiger partial charge in [0, 0.05) is 30.9 Å². The molecule has 1 amide bonds. The van der Waals surface area contributed by atoms with Crippen LogP contribution in [0, 0.1) is 17.1 Å². The van der Waals surface area contributed by atoms with E-state index in [9.17, 15) is 18.4 Å². The Morgan fingerprint density at radius 2 is 1.89 bits per heavy atom. The minimum Gasteiger partial charge on any atom is -0.302 e. The van der Waals surface area contributed by atoms with Crippen LogP contribution in [0.3, 0.4) is 0 Å². The van der Waals surface area contributed by atoms with Gasteiger partial charge in [-0.15, -0.1) is 0 Å². The molecule has 8 nitrogen and oxygen atoms in total. The number of hydrogen-bond acceptors (Lipinski definition) is 6. The molecule has 0 spiro atoms. The molecule has 0 radical (unpaired) electrons. The molecule has 0 aliphatic carbocycles. The highest BCUT2D eigenvalue weighted by Gasteiger charge is 2.51. The average molecular weight is 501 g/mol. The fourth-order valence-corrected chi connectivity index (χ4v) is 4.48. The number of carbonyl (C=O) groups is 1. The molecule has 3 aromatic rings. The lowest BCUT2D eigenvalue weighted by molar-refractivity contribution is -0.120. The van der Waals surface area contributed by atoms with Crippen molar-refractivity contribution in [3.8, 4) is 6.07 Å². The van der Waals surface area contributed by atoms with Gasteiger partial charge >= 0.3 is 0 Å². The van der Waals surface area contributed by atoms with Crippen molar-refractivity contribution >= 4 is 40.3 Å². The van der Waals surface area contributed by atoms with Crippen LogP contribution in [0.5, 0.6) is 0 Å². The van der Waals surface area contributed by atoms with Crippen molar-refractivity contribution in [1.82, 2.24) is 14.4 Å². The largest absolute Gasteiger partial charge is 0.302 e. The highest BCUT2D eigenvalue weighted by molar-refractivity contribution is 7.81. The number of pyridine rings is 2. The molecule has 1 fully saturated rings. The third-order valence-corrected chi connectivity index (χ3v) is 6.12. The lowest BCUT2D eigenvalue weighted by Gasteiger charge is -2.29. The molecular formula is C23H19F3N6O2S. The Morgan fingerprint density at radius 1 is 1.20 bits per heavy atom. The molecule has 0 atom stereocenters. The van der Waals surface area contributed by atoms with Gasteiger partial charge in [-0.1, -0.05) is 6.92 Å². The number of carbonyl (C=O) groups excluding carboxylic acids is 1. The molecule has 0 N–H and O–H groups in total. The Labute approximate surface area is 203 Å². The number of amides is 1. The summed E-state index contributed by atoms with van der Waals surface area (Å²) < 4.78 is 44.3. The molecule has 1 saturated heterocycles. The van der Waals surface area contributed by atoms with Crippen LogP contribution in [0.25, 0.3) is 5.65 Å². The van der Waals surface area contributed by atoms with E-state index in [2.05, 4.69) is 9.97 Å². The maximum atomic E-state index is 15.0. The molecular weight excluding hydrogens is 481 g/mol. The standard InChI is InChI=1S/C23H19F3N6O2S/c1-5-12-6-18(33)30-11-14(8-16(24)19(30)29-12)32-21(35)31(20(34)22(32,2)3)13-7-15(23(4,25)26)17(9-27)28-10-13/h6-8,10-11H,5H2,1-4H3. The van der Waals surface area contributed by atoms with Crippen molar-refractivity contribution in [2.45, 2.75) is 45.6 Å². The molecule has 4 heterocycles. The molecule has 3 aromatic heterocycles. The number of halogens is 3. The van der Waals surface area contributed by atoms with Crippen LogP contribution in [-0.2, 0) is 17.1 Å². The number of thiocarbonyl (C=S) groups is 1. The lowest BCUT2D eigenvalue weighted by Crippen LogP contribution is -2.44. The number of aryl methyl sites for hydroxylation is 1. The van der Waals surface area contributed by atoms with Crippen LogP contribution in [0.4, 0.5) is 24.5 Å². The zero-order valence-corrected chi connectivity index (χ0v) is 20.0. The second-order valence-corrected chi connectivity index (χ2v) is 8.95. The second kappa shape index (κ2) is 8.13. The Bertz CT molecular complexity index is 1510. The van der Waals surface area contributed by atoms with E-state index in [-0.39, 0.29) is 22.1 Å². The molecule has 0 bridgehead atoms. The SMILES string of the molecule is CCc1cc(=O)n2cc(N3C(=S)N(c4cnc(C#N)c(C(C)(F)F)c4)C(=O)C3(C)C)cc(F)c2n1. The van der Waals surface area contributed by atoms with Gasteiger partial charge in [-0.2, -0.15) is 5.26 Å². The van der Waals surface area contributed by atoms with Crippen LogP contribution < -0.4 is 15.4 Å². The Morgan fingerprint density at radius 3 is 2.49 bits per heavy atom. The van der Waals surface area contributed by atoms with Crippen LogP contribution in [0.15, 0.2) is 35.4 Å². The van der Waals surface area contributed by atoms with E-state index in [0.717, 1.165) is 27.6 Å². The molecule has 0 unspecified atom stereocenters. The molecule has 35 heavy (non-hydrogen) atoms. The van der Waals surface area contributed by atoms with E-state index in [4.69, 9.17) is 17.5 Å². The first-order valence-electron chi connectivity index (χ1n) is 10.5. The molecule has 1 aliphatic heterocycles. The average Bonchev–Trinajstić information content (AvgIpc) is 2.96. The fraction of sp³-hybridized carbons (Fsp3) is 0.304. The van der Waals surface area contributed by atoms with Crippen LogP contribution in [0.2, 0.25) is 0 Å². The van der Waals surface area contributed by atoms with E-state index < -0.39 is 40.0 Å². The first kappa shape index (κ1) is 24.3. The summed E-state index contributed by atoms with van der Waals surface area (Å²) in [6.07, 6.45) is 2.86. The van der Waals surface area contributed by atoms with Gasteiger partial charge in [0.25, 0.3) is 17.4 Å². The van der Waals surface area contributed by atoms with Crippen molar-refractivity contribution in [3.63, 3.8) is 0 Å². The highest BCUT2D eigenvalue weighted by atomic mass is 32.1. The summed E-state index contributed by atoms with van der Waals surface area (Å²) in [5, 5.41) is 9.02. The second-order valence-electron chi connectivity index (χ2n) is 8.59. The summed E-state index contributed by atoms with van der Waals surface area (Å²) >= 11 is 5.51. The number of alkyl halides is 2. The van der Waals surface area contributed by atoms with Gasteiger partial charge in [-0.25, -0.2) is 23.1 Å². The third kappa shape index (κ3) is 3.81. The zero-order valence-electron chi connectivity index (χ0n) is 19.1. The van der Waals surface area contributed by atoms with Crippen molar-refractivity contribution < 1.29 is 18.0 Å². The maximum absolute atomic E-state index is 15.0. The van der Waals surface area contributed by atoms with Crippen molar-refractivity contribution in [3.05, 3.63) is 63.7 Å². The number of nitrogens with zero attached hydrogens (tertiary/aromatic N) is 6. The summed E-state index contributed by atoms with van der Waals surface area (Å²) in [5.41, 5.74) is -2.75. The third-order valence-electron chi connectivity index (χ3n) is 5.75. The smallest absolute Gasteiger partial charge is 0.273 e. The topological polar surface area (TPSA) is 94.6 Å². The molecule has 1 aliphatic rings. The molecule has 0 saturated carbocycles.